The zero-order valence-corrected chi connectivity index (χ0v) is 13.0. The number of nitro groups is 1. The van der Waals surface area contributed by atoms with Crippen LogP contribution < -0.4 is 4.72 Å². The highest BCUT2D eigenvalue weighted by molar-refractivity contribution is 7.89. The second kappa shape index (κ2) is 6.11. The zero-order valence-electron chi connectivity index (χ0n) is 12.2. The molecule has 1 aliphatic rings. The first kappa shape index (κ1) is 15.9. The van der Waals surface area contributed by atoms with Crippen LogP contribution in [0.1, 0.15) is 33.1 Å². The van der Waals surface area contributed by atoms with Crippen LogP contribution in [0, 0.1) is 22.0 Å². The third kappa shape index (κ3) is 3.59. The van der Waals surface area contributed by atoms with E-state index in [0.717, 1.165) is 19.3 Å². The van der Waals surface area contributed by atoms with Gasteiger partial charge in [-0.15, -0.1) is 0 Å². The molecule has 0 bridgehead atoms. The summed E-state index contributed by atoms with van der Waals surface area (Å²) in [5, 5.41) is 10.6. The molecule has 1 saturated carbocycles. The molecule has 0 spiro atoms. The van der Waals surface area contributed by atoms with Gasteiger partial charge in [0.1, 0.15) is 0 Å². The van der Waals surface area contributed by atoms with Crippen LogP contribution in [0.15, 0.2) is 29.2 Å². The minimum atomic E-state index is -3.63. The maximum atomic E-state index is 12.4. The van der Waals surface area contributed by atoms with Crippen LogP contribution in [0.2, 0.25) is 0 Å². The quantitative estimate of drug-likeness (QED) is 0.683. The second-order valence-electron chi connectivity index (χ2n) is 5.75. The summed E-state index contributed by atoms with van der Waals surface area (Å²) in [6.07, 6.45) is 2.97. The van der Waals surface area contributed by atoms with Gasteiger partial charge in [-0.2, -0.15) is 0 Å². The fraction of sp³-hybridized carbons (Fsp3) is 0.571. The SMILES string of the molecule is C[C@H]1[C@@H](NS(=O)(=O)c2ccc([N+](=O)[O-])cc2)CCC[C@@H]1C. The number of nitro benzene ring substituents is 1. The lowest BCUT2D eigenvalue weighted by Crippen LogP contribution is -2.43. The summed E-state index contributed by atoms with van der Waals surface area (Å²) in [7, 11) is -3.63. The van der Waals surface area contributed by atoms with Crippen molar-refractivity contribution >= 4 is 15.7 Å². The van der Waals surface area contributed by atoms with Crippen LogP contribution in [0.5, 0.6) is 0 Å². The summed E-state index contributed by atoms with van der Waals surface area (Å²) in [5.41, 5.74) is -0.117. The molecule has 21 heavy (non-hydrogen) atoms. The van der Waals surface area contributed by atoms with Crippen LogP contribution >= 0.6 is 0 Å². The standard InChI is InChI=1S/C14H20N2O4S/c1-10-4-3-5-14(11(10)2)15-21(19,20)13-8-6-12(7-9-13)16(17)18/h6-11,14-15H,3-5H2,1-2H3/t10-,11+,14-/m0/s1. The fourth-order valence-electron chi connectivity index (χ4n) is 2.76. The fourth-order valence-corrected chi connectivity index (χ4v) is 4.12. The summed E-state index contributed by atoms with van der Waals surface area (Å²) in [5.74, 6) is 0.773. The van der Waals surface area contributed by atoms with Gasteiger partial charge < -0.3 is 0 Å². The van der Waals surface area contributed by atoms with E-state index in [4.69, 9.17) is 0 Å². The molecule has 6 nitrogen and oxygen atoms in total. The summed E-state index contributed by atoms with van der Waals surface area (Å²) in [4.78, 5) is 10.1. The van der Waals surface area contributed by atoms with E-state index in [1.54, 1.807) is 0 Å². The Morgan fingerprint density at radius 3 is 2.38 bits per heavy atom. The van der Waals surface area contributed by atoms with Crippen molar-refractivity contribution in [1.29, 1.82) is 0 Å². The van der Waals surface area contributed by atoms with Crippen molar-refractivity contribution in [3.05, 3.63) is 34.4 Å². The lowest BCUT2D eigenvalue weighted by Gasteiger charge is -2.34. The van der Waals surface area contributed by atoms with E-state index in [-0.39, 0.29) is 22.5 Å². The third-order valence-corrected chi connectivity index (χ3v) is 5.88. The summed E-state index contributed by atoms with van der Waals surface area (Å²) in [6, 6.07) is 4.89. The van der Waals surface area contributed by atoms with E-state index < -0.39 is 14.9 Å². The maximum absolute atomic E-state index is 12.4. The Balaban J connectivity index is 2.16. The molecule has 1 aromatic rings. The van der Waals surface area contributed by atoms with E-state index >= 15 is 0 Å². The van der Waals surface area contributed by atoms with E-state index in [1.165, 1.54) is 24.3 Å². The highest BCUT2D eigenvalue weighted by Gasteiger charge is 2.30. The van der Waals surface area contributed by atoms with Gasteiger partial charge in [-0.25, -0.2) is 13.1 Å². The van der Waals surface area contributed by atoms with E-state index in [9.17, 15) is 18.5 Å². The third-order valence-electron chi connectivity index (χ3n) is 4.37. The first-order valence-electron chi connectivity index (χ1n) is 7.08. The topological polar surface area (TPSA) is 89.3 Å². The van der Waals surface area contributed by atoms with Gasteiger partial charge in [0.05, 0.1) is 9.82 Å². The van der Waals surface area contributed by atoms with Crippen molar-refractivity contribution in [2.24, 2.45) is 11.8 Å². The Kier molecular flexibility index (Phi) is 4.63. The predicted molar refractivity (Wildman–Crippen MR) is 79.4 cm³/mol. The average Bonchev–Trinajstić information content (AvgIpc) is 2.44. The largest absolute Gasteiger partial charge is 0.269 e. The number of sulfonamides is 1. The van der Waals surface area contributed by atoms with Gasteiger partial charge in [0.15, 0.2) is 0 Å². The Labute approximate surface area is 124 Å². The van der Waals surface area contributed by atoms with Crippen molar-refractivity contribution in [3.63, 3.8) is 0 Å². The normalized spacial score (nSPS) is 26.5. The molecule has 116 valence electrons. The van der Waals surface area contributed by atoms with Crippen molar-refractivity contribution in [2.45, 2.75) is 44.0 Å². The number of benzene rings is 1. The number of hydrogen-bond acceptors (Lipinski definition) is 4. The van der Waals surface area contributed by atoms with Crippen LogP contribution in [-0.4, -0.2) is 19.4 Å². The van der Waals surface area contributed by atoms with Crippen LogP contribution in [0.25, 0.3) is 0 Å². The molecule has 0 aromatic heterocycles. The summed E-state index contributed by atoms with van der Waals surface area (Å²) in [6.45, 7) is 4.20. The van der Waals surface area contributed by atoms with Gasteiger partial charge in [-0.1, -0.05) is 26.7 Å². The molecule has 1 aliphatic carbocycles. The molecule has 1 aromatic carbocycles. The number of hydrogen-bond donors (Lipinski definition) is 1. The maximum Gasteiger partial charge on any atom is 0.269 e. The van der Waals surface area contributed by atoms with Gasteiger partial charge in [-0.05, 0) is 30.4 Å². The smallest absolute Gasteiger partial charge is 0.258 e. The van der Waals surface area contributed by atoms with Gasteiger partial charge >= 0.3 is 0 Å². The highest BCUT2D eigenvalue weighted by Crippen LogP contribution is 2.30. The molecule has 2 rings (SSSR count). The zero-order chi connectivity index (χ0) is 15.6. The number of non-ortho nitro benzene ring substituents is 1. The molecule has 0 unspecified atom stereocenters. The second-order valence-corrected chi connectivity index (χ2v) is 7.46. The number of rotatable bonds is 4. The highest BCUT2D eigenvalue weighted by atomic mass is 32.2. The van der Waals surface area contributed by atoms with Crippen molar-refractivity contribution in [2.75, 3.05) is 0 Å². The first-order valence-corrected chi connectivity index (χ1v) is 8.56. The number of nitrogens with zero attached hydrogens (tertiary/aromatic N) is 1. The molecule has 1 N–H and O–H groups in total. The molecular formula is C14H20N2O4S. The summed E-state index contributed by atoms with van der Waals surface area (Å²) >= 11 is 0. The average molecular weight is 312 g/mol. The van der Waals surface area contributed by atoms with Crippen molar-refractivity contribution in [1.82, 2.24) is 4.72 Å². The molecule has 0 saturated heterocycles. The number of nitrogens with one attached hydrogen (secondary N) is 1. The Hall–Kier alpha value is -1.47. The Bertz CT molecular complexity index is 612. The Morgan fingerprint density at radius 1 is 1.19 bits per heavy atom. The molecule has 0 amide bonds. The van der Waals surface area contributed by atoms with Gasteiger partial charge in [0.2, 0.25) is 10.0 Å². The van der Waals surface area contributed by atoms with E-state index in [1.807, 2.05) is 0 Å². The minimum absolute atomic E-state index is 0.0681. The van der Waals surface area contributed by atoms with E-state index in [0.29, 0.717) is 5.92 Å². The lowest BCUT2D eigenvalue weighted by molar-refractivity contribution is -0.384. The lowest BCUT2D eigenvalue weighted by atomic mass is 9.78. The summed E-state index contributed by atoms with van der Waals surface area (Å²) < 4.78 is 27.4. The molecule has 1 fully saturated rings. The Morgan fingerprint density at radius 2 is 1.81 bits per heavy atom. The van der Waals surface area contributed by atoms with E-state index in [2.05, 4.69) is 18.6 Å². The predicted octanol–water partition coefficient (Wildman–Crippen LogP) is 2.70. The first-order chi connectivity index (χ1) is 9.81. The molecule has 0 heterocycles. The minimum Gasteiger partial charge on any atom is -0.258 e. The van der Waals surface area contributed by atoms with Crippen LogP contribution in [-0.2, 0) is 10.0 Å². The van der Waals surface area contributed by atoms with Crippen LogP contribution in [0.3, 0.4) is 0 Å². The van der Waals surface area contributed by atoms with Gasteiger partial charge in [-0.3, -0.25) is 10.1 Å². The molecule has 0 radical (unpaired) electrons. The van der Waals surface area contributed by atoms with Gasteiger partial charge in [0, 0.05) is 18.2 Å². The molecule has 3 atom stereocenters. The molecule has 0 aliphatic heterocycles. The van der Waals surface area contributed by atoms with Gasteiger partial charge in [0.25, 0.3) is 5.69 Å². The van der Waals surface area contributed by atoms with Crippen molar-refractivity contribution in [3.8, 4) is 0 Å². The molecular weight excluding hydrogens is 292 g/mol. The molecule has 7 heteroatoms. The van der Waals surface area contributed by atoms with Crippen LogP contribution in [0.4, 0.5) is 5.69 Å². The van der Waals surface area contributed by atoms with Crippen molar-refractivity contribution < 1.29 is 13.3 Å². The monoisotopic (exact) mass is 312 g/mol.